The summed E-state index contributed by atoms with van der Waals surface area (Å²) < 4.78 is 0. The zero-order valence-corrected chi connectivity index (χ0v) is 14.6. The third-order valence-corrected chi connectivity index (χ3v) is 4.34. The number of aromatic nitrogens is 2. The van der Waals surface area contributed by atoms with Crippen molar-refractivity contribution in [3.8, 4) is 11.3 Å². The van der Waals surface area contributed by atoms with E-state index in [9.17, 15) is 4.79 Å². The van der Waals surface area contributed by atoms with Gasteiger partial charge in [0.25, 0.3) is 5.91 Å². The van der Waals surface area contributed by atoms with E-state index >= 15 is 0 Å². The van der Waals surface area contributed by atoms with Crippen LogP contribution in [0, 0.1) is 12.8 Å². The summed E-state index contributed by atoms with van der Waals surface area (Å²) in [5, 5.41) is 5.88. The molecule has 1 unspecified atom stereocenters. The molecule has 2 heterocycles. The molecule has 22 heavy (non-hydrogen) atoms. The molecule has 0 saturated heterocycles. The predicted octanol–water partition coefficient (Wildman–Crippen LogP) is 2.76. The lowest BCUT2D eigenvalue weighted by atomic mass is 10.2. The van der Waals surface area contributed by atoms with Gasteiger partial charge < -0.3 is 16.0 Å². The highest BCUT2D eigenvalue weighted by atomic mass is 35.5. The molecule has 1 fully saturated rings. The predicted molar refractivity (Wildman–Crippen MR) is 94.2 cm³/mol. The number of nitrogens with zero attached hydrogens (tertiary/aromatic N) is 1. The van der Waals surface area contributed by atoms with Gasteiger partial charge in [0.1, 0.15) is 5.69 Å². The molecular formula is C14H20Cl2N4OS. The van der Waals surface area contributed by atoms with E-state index in [0.717, 1.165) is 16.3 Å². The lowest BCUT2D eigenvalue weighted by molar-refractivity contribution is 0.0946. The van der Waals surface area contributed by atoms with Gasteiger partial charge in [-0.25, -0.2) is 4.98 Å². The summed E-state index contributed by atoms with van der Waals surface area (Å²) in [7, 11) is 0. The van der Waals surface area contributed by atoms with Crippen molar-refractivity contribution in [1.82, 2.24) is 15.3 Å². The van der Waals surface area contributed by atoms with Crippen LogP contribution >= 0.6 is 36.2 Å². The standard InChI is InChI=1S/C14H18N4OS.2ClH/c1-8-18-13(7-20-8)10-4-12(16-5-10)14(19)17-6-11(15)9-2-3-9;;/h4-5,7,9,11,16H,2-3,6,15H2,1H3,(H,17,19);2*1H. The minimum atomic E-state index is -0.112. The molecule has 1 aliphatic carbocycles. The third kappa shape index (κ3) is 4.46. The van der Waals surface area contributed by atoms with Crippen LogP contribution in [-0.4, -0.2) is 28.5 Å². The smallest absolute Gasteiger partial charge is 0.267 e. The zero-order chi connectivity index (χ0) is 14.1. The summed E-state index contributed by atoms with van der Waals surface area (Å²) in [6.07, 6.45) is 4.18. The summed E-state index contributed by atoms with van der Waals surface area (Å²) in [5.41, 5.74) is 8.36. The lowest BCUT2D eigenvalue weighted by Crippen LogP contribution is -2.38. The van der Waals surface area contributed by atoms with E-state index < -0.39 is 0 Å². The van der Waals surface area contributed by atoms with Crippen LogP contribution < -0.4 is 11.1 Å². The van der Waals surface area contributed by atoms with Crippen LogP contribution in [-0.2, 0) is 0 Å². The number of rotatable bonds is 5. The van der Waals surface area contributed by atoms with E-state index in [1.165, 1.54) is 12.8 Å². The maximum absolute atomic E-state index is 12.0. The van der Waals surface area contributed by atoms with Crippen molar-refractivity contribution in [2.24, 2.45) is 11.7 Å². The molecule has 1 amide bonds. The molecule has 1 atom stereocenters. The topological polar surface area (TPSA) is 83.8 Å². The number of aromatic amines is 1. The quantitative estimate of drug-likeness (QED) is 0.764. The number of nitrogens with two attached hydrogens (primary N) is 1. The molecule has 0 aromatic carbocycles. The van der Waals surface area contributed by atoms with Gasteiger partial charge in [0, 0.05) is 29.7 Å². The number of amides is 1. The third-order valence-electron chi connectivity index (χ3n) is 3.57. The van der Waals surface area contributed by atoms with Gasteiger partial charge in [-0.1, -0.05) is 0 Å². The fraction of sp³-hybridized carbons (Fsp3) is 0.429. The number of halogens is 2. The summed E-state index contributed by atoms with van der Waals surface area (Å²) in [5.74, 6) is 0.479. The number of hydrogen-bond acceptors (Lipinski definition) is 4. The highest BCUT2D eigenvalue weighted by Crippen LogP contribution is 2.31. The Labute approximate surface area is 145 Å². The average molecular weight is 363 g/mol. The first kappa shape index (κ1) is 19.0. The number of nitrogens with one attached hydrogen (secondary N) is 2. The molecular weight excluding hydrogens is 343 g/mol. The Bertz CT molecular complexity index is 624. The van der Waals surface area contributed by atoms with Crippen molar-refractivity contribution in [3.05, 3.63) is 28.3 Å². The van der Waals surface area contributed by atoms with Crippen molar-refractivity contribution in [2.75, 3.05) is 6.54 Å². The Balaban J connectivity index is 0.00000121. The normalized spacial score (nSPS) is 14.6. The SMILES string of the molecule is Cc1nc(-c2c[nH]c(C(=O)NCC(N)C3CC3)c2)cs1.Cl.Cl. The van der Waals surface area contributed by atoms with Crippen LogP contribution in [0.25, 0.3) is 11.3 Å². The van der Waals surface area contributed by atoms with Crippen molar-refractivity contribution >= 4 is 42.1 Å². The molecule has 1 aliphatic rings. The average Bonchev–Trinajstić information content (AvgIpc) is 3.01. The van der Waals surface area contributed by atoms with Gasteiger partial charge in [0.2, 0.25) is 0 Å². The Morgan fingerprint density at radius 2 is 2.27 bits per heavy atom. The Morgan fingerprint density at radius 1 is 1.55 bits per heavy atom. The monoisotopic (exact) mass is 362 g/mol. The maximum atomic E-state index is 12.0. The van der Waals surface area contributed by atoms with Crippen LogP contribution in [0.3, 0.4) is 0 Å². The van der Waals surface area contributed by atoms with E-state index in [0.29, 0.717) is 18.2 Å². The molecule has 0 radical (unpaired) electrons. The molecule has 0 bridgehead atoms. The molecule has 1 saturated carbocycles. The Morgan fingerprint density at radius 3 is 2.86 bits per heavy atom. The van der Waals surface area contributed by atoms with Crippen LogP contribution in [0.1, 0.15) is 28.3 Å². The summed E-state index contributed by atoms with van der Waals surface area (Å²) in [4.78, 5) is 19.4. The van der Waals surface area contributed by atoms with E-state index in [4.69, 9.17) is 5.73 Å². The fourth-order valence-corrected chi connectivity index (χ4v) is 2.79. The molecule has 8 heteroatoms. The van der Waals surface area contributed by atoms with E-state index in [1.807, 2.05) is 24.6 Å². The molecule has 0 aliphatic heterocycles. The lowest BCUT2D eigenvalue weighted by Gasteiger charge is -2.10. The fourth-order valence-electron chi connectivity index (χ4n) is 2.17. The van der Waals surface area contributed by atoms with Crippen molar-refractivity contribution < 1.29 is 4.79 Å². The summed E-state index contributed by atoms with van der Waals surface area (Å²) >= 11 is 1.60. The van der Waals surface area contributed by atoms with Crippen LogP contribution in [0.2, 0.25) is 0 Å². The Kier molecular flexibility index (Phi) is 6.87. The highest BCUT2D eigenvalue weighted by Gasteiger charge is 2.28. The molecule has 2 aromatic heterocycles. The van der Waals surface area contributed by atoms with Crippen LogP contribution in [0.5, 0.6) is 0 Å². The van der Waals surface area contributed by atoms with Gasteiger partial charge in [0.05, 0.1) is 10.7 Å². The summed E-state index contributed by atoms with van der Waals surface area (Å²) in [6.45, 7) is 2.50. The number of H-pyrrole nitrogens is 1. The molecule has 4 N–H and O–H groups in total. The van der Waals surface area contributed by atoms with Gasteiger partial charge >= 0.3 is 0 Å². The zero-order valence-electron chi connectivity index (χ0n) is 12.2. The second-order valence-electron chi connectivity index (χ2n) is 5.27. The largest absolute Gasteiger partial charge is 0.357 e. The van der Waals surface area contributed by atoms with Crippen molar-refractivity contribution in [1.29, 1.82) is 0 Å². The van der Waals surface area contributed by atoms with E-state index in [2.05, 4.69) is 15.3 Å². The minimum Gasteiger partial charge on any atom is -0.357 e. The molecule has 122 valence electrons. The van der Waals surface area contributed by atoms with E-state index in [1.54, 1.807) is 11.3 Å². The second-order valence-corrected chi connectivity index (χ2v) is 6.33. The van der Waals surface area contributed by atoms with Gasteiger partial charge in [-0.15, -0.1) is 36.2 Å². The first-order chi connectivity index (χ1) is 9.63. The van der Waals surface area contributed by atoms with Crippen LogP contribution in [0.4, 0.5) is 0 Å². The molecule has 0 spiro atoms. The first-order valence-electron chi connectivity index (χ1n) is 6.78. The summed E-state index contributed by atoms with van der Waals surface area (Å²) in [6, 6.07) is 1.90. The molecule has 2 aromatic rings. The van der Waals surface area contributed by atoms with Gasteiger partial charge in [-0.05, 0) is 31.7 Å². The number of aryl methyl sites for hydroxylation is 1. The second kappa shape index (κ2) is 7.97. The number of hydrogen-bond donors (Lipinski definition) is 3. The molecule has 3 rings (SSSR count). The van der Waals surface area contributed by atoms with Crippen LogP contribution in [0.15, 0.2) is 17.6 Å². The number of thiazole rings is 1. The Hall–Kier alpha value is -1.08. The highest BCUT2D eigenvalue weighted by molar-refractivity contribution is 7.09. The maximum Gasteiger partial charge on any atom is 0.267 e. The van der Waals surface area contributed by atoms with Gasteiger partial charge in [-0.3, -0.25) is 4.79 Å². The molecule has 5 nitrogen and oxygen atoms in total. The first-order valence-corrected chi connectivity index (χ1v) is 7.66. The van der Waals surface area contributed by atoms with Crippen molar-refractivity contribution in [3.63, 3.8) is 0 Å². The number of carbonyl (C=O) groups is 1. The number of carbonyl (C=O) groups excluding carboxylic acids is 1. The van der Waals surface area contributed by atoms with E-state index in [-0.39, 0.29) is 36.8 Å². The minimum absolute atomic E-state index is 0. The van der Waals surface area contributed by atoms with Gasteiger partial charge in [0.15, 0.2) is 0 Å². The van der Waals surface area contributed by atoms with Gasteiger partial charge in [-0.2, -0.15) is 0 Å². The van der Waals surface area contributed by atoms with Crippen molar-refractivity contribution in [2.45, 2.75) is 25.8 Å².